The Morgan fingerprint density at radius 2 is 1.81 bits per heavy atom. The minimum Gasteiger partial charge on any atom is -0.390 e. The van der Waals surface area contributed by atoms with E-state index in [0.717, 1.165) is 65.9 Å². The zero-order valence-electron chi connectivity index (χ0n) is 24.3. The summed E-state index contributed by atoms with van der Waals surface area (Å²) >= 11 is 3.50. The number of terminal acetylenes is 1. The molecule has 0 unspecified atom stereocenters. The number of nitrogens with one attached hydrogen (secondary N) is 3. The van der Waals surface area contributed by atoms with Crippen LogP contribution in [0.4, 0.5) is 8.78 Å². The molecule has 0 radical (unpaired) electrons. The molecule has 0 spiro atoms. The zero-order valence-corrected chi connectivity index (χ0v) is 26.7. The largest absolute Gasteiger partial charge is 0.390 e. The van der Waals surface area contributed by atoms with E-state index < -0.39 is 23.8 Å². The predicted octanol–water partition coefficient (Wildman–Crippen LogP) is 6.39. The van der Waals surface area contributed by atoms with Crippen molar-refractivity contribution in [1.82, 2.24) is 16.0 Å². The van der Waals surface area contributed by atoms with Crippen LogP contribution < -0.4 is 16.0 Å². The normalized spacial score (nSPS) is 14.7. The van der Waals surface area contributed by atoms with Gasteiger partial charge in [0, 0.05) is 40.3 Å². The SMILES string of the molecule is C#Cc1cccc(C2(NC[C@@H](O)[C@H](Cc3cc(F)cc(F)c3)NC(=O)c3cc(Br)cc(CNCCCCC)c3)CC2)c1.Cl. The van der Waals surface area contributed by atoms with Gasteiger partial charge in [0.1, 0.15) is 11.6 Å². The summed E-state index contributed by atoms with van der Waals surface area (Å²) in [5.41, 5.74) is 3.23. The van der Waals surface area contributed by atoms with E-state index in [2.05, 4.69) is 44.7 Å². The highest BCUT2D eigenvalue weighted by Gasteiger charge is 2.44. The standard InChI is InChI=1S/C34H38BrF2N3O2.ClH/c1-3-5-6-12-38-21-25-13-26(19-28(35)15-25)33(42)40-31(18-24-16-29(36)20-30(37)17-24)32(41)22-39-34(10-11-34)27-9-7-8-23(4-2)14-27;/h2,7-9,13-17,19-20,31-32,38-39,41H,3,5-6,10-12,18,21-22H2,1H3,(H,40,42);1H/t31-,32+;/m0./s1. The lowest BCUT2D eigenvalue weighted by molar-refractivity contribution is 0.0822. The van der Waals surface area contributed by atoms with E-state index in [1.54, 1.807) is 6.07 Å². The van der Waals surface area contributed by atoms with E-state index in [-0.39, 0.29) is 36.8 Å². The van der Waals surface area contributed by atoms with E-state index in [1.165, 1.54) is 12.1 Å². The molecule has 3 aromatic carbocycles. The number of benzene rings is 3. The van der Waals surface area contributed by atoms with Crippen LogP contribution in [0.15, 0.2) is 65.1 Å². The van der Waals surface area contributed by atoms with Crippen molar-refractivity contribution in [2.45, 2.75) is 69.7 Å². The summed E-state index contributed by atoms with van der Waals surface area (Å²) in [5.74, 6) is 0.852. The van der Waals surface area contributed by atoms with Crippen molar-refractivity contribution < 1.29 is 18.7 Å². The molecular weight excluding hydrogens is 636 g/mol. The quantitative estimate of drug-likeness (QED) is 0.111. The van der Waals surface area contributed by atoms with Gasteiger partial charge in [0.2, 0.25) is 0 Å². The van der Waals surface area contributed by atoms with Crippen LogP contribution in [0.2, 0.25) is 0 Å². The van der Waals surface area contributed by atoms with Gasteiger partial charge in [-0.05, 0) is 91.4 Å². The summed E-state index contributed by atoms with van der Waals surface area (Å²) < 4.78 is 28.8. The van der Waals surface area contributed by atoms with Crippen LogP contribution in [0.1, 0.15) is 71.6 Å². The fraction of sp³-hybridized carbons (Fsp3) is 0.382. The Balaban J connectivity index is 0.00000506. The number of amides is 1. The third kappa shape index (κ3) is 10.1. The van der Waals surface area contributed by atoms with Crippen LogP contribution in [-0.2, 0) is 18.5 Å². The van der Waals surface area contributed by atoms with Crippen molar-refractivity contribution in [2.24, 2.45) is 0 Å². The number of rotatable bonds is 15. The molecule has 0 bridgehead atoms. The zero-order chi connectivity index (χ0) is 30.1. The highest BCUT2D eigenvalue weighted by Crippen LogP contribution is 2.45. The van der Waals surface area contributed by atoms with Crippen molar-refractivity contribution in [3.63, 3.8) is 0 Å². The highest BCUT2D eigenvalue weighted by atomic mass is 79.9. The number of hydrogen-bond acceptors (Lipinski definition) is 4. The van der Waals surface area contributed by atoms with Crippen LogP contribution in [0.5, 0.6) is 0 Å². The van der Waals surface area contributed by atoms with Gasteiger partial charge in [0.15, 0.2) is 0 Å². The summed E-state index contributed by atoms with van der Waals surface area (Å²) in [4.78, 5) is 13.5. The summed E-state index contributed by atoms with van der Waals surface area (Å²) in [5, 5.41) is 21.1. The topological polar surface area (TPSA) is 73.4 Å². The number of carbonyl (C=O) groups excluding carboxylic acids is 1. The molecule has 3 aromatic rings. The molecule has 1 saturated carbocycles. The first-order chi connectivity index (χ1) is 20.2. The Morgan fingerprint density at radius 3 is 2.49 bits per heavy atom. The van der Waals surface area contributed by atoms with Gasteiger partial charge < -0.3 is 21.1 Å². The maximum Gasteiger partial charge on any atom is 0.251 e. The second-order valence-electron chi connectivity index (χ2n) is 11.0. The molecule has 9 heteroatoms. The average molecular weight is 675 g/mol. The molecule has 43 heavy (non-hydrogen) atoms. The minimum atomic E-state index is -1.04. The van der Waals surface area contributed by atoms with Crippen molar-refractivity contribution in [3.8, 4) is 12.3 Å². The number of unbranched alkanes of at least 4 members (excludes halogenated alkanes) is 2. The molecule has 1 aliphatic carbocycles. The Hall–Kier alpha value is -2.80. The second kappa shape index (κ2) is 16.3. The van der Waals surface area contributed by atoms with Gasteiger partial charge in [0.05, 0.1) is 12.1 Å². The molecule has 1 fully saturated rings. The van der Waals surface area contributed by atoms with Crippen LogP contribution in [0.25, 0.3) is 0 Å². The first kappa shape index (κ1) is 34.7. The van der Waals surface area contributed by atoms with E-state index in [1.807, 2.05) is 36.4 Å². The lowest BCUT2D eigenvalue weighted by atomic mass is 9.98. The molecule has 4 N–H and O–H groups in total. The van der Waals surface area contributed by atoms with E-state index in [4.69, 9.17) is 6.42 Å². The fourth-order valence-corrected chi connectivity index (χ4v) is 5.72. The lowest BCUT2D eigenvalue weighted by Crippen LogP contribution is -2.50. The Bertz CT molecular complexity index is 1410. The van der Waals surface area contributed by atoms with Gasteiger partial charge in [-0.25, -0.2) is 8.78 Å². The molecule has 0 saturated heterocycles. The molecule has 5 nitrogen and oxygen atoms in total. The van der Waals surface area contributed by atoms with Gasteiger partial charge in [0.25, 0.3) is 5.91 Å². The predicted molar refractivity (Wildman–Crippen MR) is 173 cm³/mol. The number of halogens is 4. The number of carbonyl (C=O) groups is 1. The molecule has 0 heterocycles. The maximum absolute atomic E-state index is 14.0. The van der Waals surface area contributed by atoms with Crippen molar-refractivity contribution in [1.29, 1.82) is 0 Å². The number of aliphatic hydroxyl groups excluding tert-OH is 1. The fourth-order valence-electron chi connectivity index (χ4n) is 5.18. The summed E-state index contributed by atoms with van der Waals surface area (Å²) in [7, 11) is 0. The minimum absolute atomic E-state index is 0. The molecular formula is C34H39BrClF2N3O2. The smallest absolute Gasteiger partial charge is 0.251 e. The monoisotopic (exact) mass is 673 g/mol. The van der Waals surface area contributed by atoms with Crippen molar-refractivity contribution >= 4 is 34.2 Å². The van der Waals surface area contributed by atoms with Gasteiger partial charge in [-0.15, -0.1) is 18.8 Å². The highest BCUT2D eigenvalue weighted by molar-refractivity contribution is 9.10. The summed E-state index contributed by atoms with van der Waals surface area (Å²) in [6.07, 6.45) is 9.74. The van der Waals surface area contributed by atoms with E-state index in [0.29, 0.717) is 17.7 Å². The van der Waals surface area contributed by atoms with Gasteiger partial charge in [-0.2, -0.15) is 0 Å². The van der Waals surface area contributed by atoms with Crippen LogP contribution in [-0.4, -0.2) is 36.2 Å². The van der Waals surface area contributed by atoms with Crippen molar-refractivity contribution in [3.05, 3.63) is 105 Å². The van der Waals surface area contributed by atoms with Crippen LogP contribution in [0, 0.1) is 24.0 Å². The molecule has 4 rings (SSSR count). The van der Waals surface area contributed by atoms with E-state index in [9.17, 15) is 18.7 Å². The Kier molecular flexibility index (Phi) is 13.2. The Labute approximate surface area is 267 Å². The van der Waals surface area contributed by atoms with Crippen molar-refractivity contribution in [2.75, 3.05) is 13.1 Å². The van der Waals surface area contributed by atoms with Gasteiger partial charge >= 0.3 is 0 Å². The molecule has 1 amide bonds. The van der Waals surface area contributed by atoms with E-state index >= 15 is 0 Å². The molecule has 1 aliphatic rings. The number of hydrogen-bond donors (Lipinski definition) is 4. The maximum atomic E-state index is 14.0. The average Bonchev–Trinajstić information content (AvgIpc) is 3.76. The lowest BCUT2D eigenvalue weighted by Gasteiger charge is -2.27. The summed E-state index contributed by atoms with van der Waals surface area (Å²) in [6, 6.07) is 15.7. The van der Waals surface area contributed by atoms with Crippen LogP contribution >= 0.6 is 28.3 Å². The first-order valence-electron chi connectivity index (χ1n) is 14.5. The third-order valence-corrected chi connectivity index (χ3v) is 8.10. The van der Waals surface area contributed by atoms with Gasteiger partial charge in [-0.3, -0.25) is 4.79 Å². The second-order valence-corrected chi connectivity index (χ2v) is 12.0. The molecule has 230 valence electrons. The molecule has 0 aromatic heterocycles. The van der Waals surface area contributed by atoms with Crippen LogP contribution in [0.3, 0.4) is 0 Å². The molecule has 0 aliphatic heterocycles. The third-order valence-electron chi connectivity index (χ3n) is 7.65. The Morgan fingerprint density at radius 1 is 1.07 bits per heavy atom. The van der Waals surface area contributed by atoms with Gasteiger partial charge in [-0.1, -0.05) is 53.7 Å². The number of aliphatic hydroxyl groups is 1. The first-order valence-corrected chi connectivity index (χ1v) is 15.3. The summed E-state index contributed by atoms with van der Waals surface area (Å²) in [6.45, 7) is 3.83. The molecule has 2 atom stereocenters.